The summed E-state index contributed by atoms with van der Waals surface area (Å²) in [6.45, 7) is 4.27. The van der Waals surface area contributed by atoms with E-state index < -0.39 is 0 Å². The third-order valence-corrected chi connectivity index (χ3v) is 2.94. The van der Waals surface area contributed by atoms with Crippen LogP contribution in [0.4, 0.5) is 0 Å². The summed E-state index contributed by atoms with van der Waals surface area (Å²) in [6.07, 6.45) is 7.15. The van der Waals surface area contributed by atoms with E-state index in [-0.39, 0.29) is 0 Å². The summed E-state index contributed by atoms with van der Waals surface area (Å²) in [4.78, 5) is 4.47. The van der Waals surface area contributed by atoms with E-state index in [1.54, 1.807) is 7.11 Å². The maximum atomic E-state index is 5.27. The van der Waals surface area contributed by atoms with Crippen molar-refractivity contribution >= 4 is 5.57 Å². The summed E-state index contributed by atoms with van der Waals surface area (Å²) in [5, 5.41) is 0. The van der Waals surface area contributed by atoms with E-state index in [4.69, 9.17) is 4.74 Å². The maximum Gasteiger partial charge on any atom is 0.115 e. The van der Waals surface area contributed by atoms with E-state index in [1.165, 1.54) is 11.1 Å². The van der Waals surface area contributed by atoms with Gasteiger partial charge in [-0.15, -0.1) is 0 Å². The van der Waals surface area contributed by atoms with Crippen LogP contribution in [-0.4, -0.2) is 12.1 Å². The number of aryl methyl sites for hydroxylation is 1. The molecule has 0 aromatic carbocycles. The number of hydrogen-bond acceptors (Lipinski definition) is 2. The average molecular weight is 215 g/mol. The van der Waals surface area contributed by atoms with Crippen LogP contribution in [0.3, 0.4) is 0 Å². The first kappa shape index (κ1) is 10.9. The number of rotatable bonds is 2. The van der Waals surface area contributed by atoms with Crippen LogP contribution in [0.2, 0.25) is 0 Å². The Labute approximate surface area is 96.7 Å². The first-order valence-electron chi connectivity index (χ1n) is 5.59. The molecule has 0 amide bonds. The predicted octanol–water partition coefficient (Wildman–Crippen LogP) is 3.34. The van der Waals surface area contributed by atoms with Gasteiger partial charge in [0.2, 0.25) is 0 Å². The van der Waals surface area contributed by atoms with Crippen LogP contribution < -0.4 is 0 Å². The second kappa shape index (κ2) is 4.52. The third-order valence-electron chi connectivity index (χ3n) is 2.94. The van der Waals surface area contributed by atoms with Gasteiger partial charge in [0.25, 0.3) is 0 Å². The molecule has 0 N–H and O–H groups in total. The highest BCUT2D eigenvalue weighted by atomic mass is 16.5. The minimum atomic E-state index is 0.508. The Morgan fingerprint density at radius 3 is 2.81 bits per heavy atom. The van der Waals surface area contributed by atoms with E-state index in [9.17, 15) is 0 Å². The van der Waals surface area contributed by atoms with Crippen LogP contribution in [-0.2, 0) is 4.74 Å². The van der Waals surface area contributed by atoms with E-state index in [0.29, 0.717) is 5.92 Å². The lowest BCUT2D eigenvalue weighted by molar-refractivity contribution is 0.302. The van der Waals surface area contributed by atoms with Gasteiger partial charge in [0, 0.05) is 6.20 Å². The van der Waals surface area contributed by atoms with E-state index in [1.807, 2.05) is 6.20 Å². The molecule has 16 heavy (non-hydrogen) atoms. The molecule has 0 spiro atoms. The monoisotopic (exact) mass is 215 g/mol. The van der Waals surface area contributed by atoms with Crippen molar-refractivity contribution < 1.29 is 4.74 Å². The molecule has 2 heteroatoms. The van der Waals surface area contributed by atoms with Crippen LogP contribution in [0.15, 0.2) is 36.2 Å². The van der Waals surface area contributed by atoms with Crippen LogP contribution in [0.25, 0.3) is 5.57 Å². The Bertz CT molecular complexity index is 429. The smallest absolute Gasteiger partial charge is 0.115 e. The second-order valence-electron chi connectivity index (χ2n) is 4.27. The summed E-state index contributed by atoms with van der Waals surface area (Å²) in [5.41, 5.74) is 3.51. The molecule has 1 atom stereocenters. The van der Waals surface area contributed by atoms with Gasteiger partial charge < -0.3 is 4.74 Å². The predicted molar refractivity (Wildman–Crippen MR) is 65.8 cm³/mol. The summed E-state index contributed by atoms with van der Waals surface area (Å²) >= 11 is 0. The van der Waals surface area contributed by atoms with E-state index in [2.05, 4.69) is 43.1 Å². The van der Waals surface area contributed by atoms with Gasteiger partial charge in [-0.25, -0.2) is 0 Å². The molecule has 2 nitrogen and oxygen atoms in total. The lowest BCUT2D eigenvalue weighted by Crippen LogP contribution is -2.05. The van der Waals surface area contributed by atoms with Gasteiger partial charge in [-0.05, 0) is 48.6 Å². The highest BCUT2D eigenvalue weighted by Gasteiger charge is 2.16. The molecule has 84 valence electrons. The van der Waals surface area contributed by atoms with Gasteiger partial charge in [0.15, 0.2) is 0 Å². The van der Waals surface area contributed by atoms with Gasteiger partial charge in [0.1, 0.15) is 5.76 Å². The highest BCUT2D eigenvalue weighted by molar-refractivity contribution is 5.68. The topological polar surface area (TPSA) is 22.1 Å². The summed E-state index contributed by atoms with van der Waals surface area (Å²) in [5.74, 6) is 1.45. The van der Waals surface area contributed by atoms with Crippen LogP contribution >= 0.6 is 0 Å². The number of hydrogen-bond donors (Lipinski definition) is 0. The van der Waals surface area contributed by atoms with Crippen LogP contribution in [0.5, 0.6) is 0 Å². The van der Waals surface area contributed by atoms with Crippen molar-refractivity contribution in [1.82, 2.24) is 4.98 Å². The van der Waals surface area contributed by atoms with E-state index in [0.717, 1.165) is 17.9 Å². The Hall–Kier alpha value is -1.57. The Kier molecular flexibility index (Phi) is 3.09. The molecule has 0 aliphatic heterocycles. The first-order chi connectivity index (χ1) is 7.70. The number of aromatic nitrogens is 1. The molecule has 0 radical (unpaired) electrons. The fourth-order valence-electron chi connectivity index (χ4n) is 1.88. The van der Waals surface area contributed by atoms with Gasteiger partial charge >= 0.3 is 0 Å². The molecule has 1 unspecified atom stereocenters. The minimum absolute atomic E-state index is 0.508. The highest BCUT2D eigenvalue weighted by Crippen LogP contribution is 2.30. The summed E-state index contributed by atoms with van der Waals surface area (Å²) in [6, 6.07) is 4.18. The quantitative estimate of drug-likeness (QED) is 0.754. The zero-order valence-corrected chi connectivity index (χ0v) is 10.0. The van der Waals surface area contributed by atoms with Crippen molar-refractivity contribution in [3.05, 3.63) is 47.5 Å². The maximum absolute atomic E-state index is 5.27. The second-order valence-corrected chi connectivity index (χ2v) is 4.27. The fourth-order valence-corrected chi connectivity index (χ4v) is 1.88. The first-order valence-corrected chi connectivity index (χ1v) is 5.59. The number of pyridine rings is 1. The van der Waals surface area contributed by atoms with Crippen molar-refractivity contribution in [3.63, 3.8) is 0 Å². The largest absolute Gasteiger partial charge is 0.497 e. The summed E-state index contributed by atoms with van der Waals surface area (Å²) in [7, 11) is 1.71. The van der Waals surface area contributed by atoms with Gasteiger partial charge in [-0.3, -0.25) is 4.98 Å². The standard InChI is InChI=1S/C14H17NO/c1-10-4-7-14(15-9-10)13-8-12(16-3)6-5-11(13)2/h4,6-9,11H,5H2,1-3H3. The Morgan fingerprint density at radius 2 is 2.19 bits per heavy atom. The van der Waals surface area contributed by atoms with Crippen LogP contribution in [0.1, 0.15) is 24.6 Å². The molecule has 1 aliphatic carbocycles. The molecule has 0 bridgehead atoms. The molecule has 1 aromatic rings. The molecule has 0 saturated carbocycles. The van der Waals surface area contributed by atoms with Crippen molar-refractivity contribution in [3.8, 4) is 0 Å². The molecule has 1 aliphatic rings. The van der Waals surface area contributed by atoms with Crippen molar-refractivity contribution in [2.75, 3.05) is 7.11 Å². The molecule has 1 aromatic heterocycles. The van der Waals surface area contributed by atoms with Crippen LogP contribution in [0, 0.1) is 12.8 Å². The zero-order valence-electron chi connectivity index (χ0n) is 10.0. The molecule has 2 rings (SSSR count). The Morgan fingerprint density at radius 1 is 1.38 bits per heavy atom. The van der Waals surface area contributed by atoms with Crippen molar-refractivity contribution in [2.24, 2.45) is 5.92 Å². The number of methoxy groups -OCH3 is 1. The molecule has 0 fully saturated rings. The molecule has 1 heterocycles. The molecular formula is C14H17NO. The Balaban J connectivity index is 2.34. The number of allylic oxidation sites excluding steroid dienone is 3. The van der Waals surface area contributed by atoms with Gasteiger partial charge in [0.05, 0.1) is 12.8 Å². The normalized spacial score (nSPS) is 20.1. The minimum Gasteiger partial charge on any atom is -0.497 e. The average Bonchev–Trinajstić information content (AvgIpc) is 2.31. The molecular weight excluding hydrogens is 198 g/mol. The summed E-state index contributed by atoms with van der Waals surface area (Å²) < 4.78 is 5.27. The lowest BCUT2D eigenvalue weighted by Gasteiger charge is -2.19. The van der Waals surface area contributed by atoms with E-state index >= 15 is 0 Å². The zero-order chi connectivity index (χ0) is 11.5. The molecule has 0 saturated heterocycles. The SMILES string of the molecule is COC1=CCC(C)C(c2ccc(C)cn2)=C1. The fraction of sp³-hybridized carbons (Fsp3) is 0.357. The lowest BCUT2D eigenvalue weighted by atomic mass is 9.90. The third kappa shape index (κ3) is 2.16. The van der Waals surface area contributed by atoms with Gasteiger partial charge in [-0.2, -0.15) is 0 Å². The number of ether oxygens (including phenoxy) is 1. The van der Waals surface area contributed by atoms with Gasteiger partial charge in [-0.1, -0.05) is 13.0 Å². The van der Waals surface area contributed by atoms with Crippen molar-refractivity contribution in [2.45, 2.75) is 20.3 Å². The number of nitrogens with zero attached hydrogens (tertiary/aromatic N) is 1. The van der Waals surface area contributed by atoms with Crippen molar-refractivity contribution in [1.29, 1.82) is 0 Å².